The molecule has 0 bridgehead atoms. The topological polar surface area (TPSA) is 75.0 Å². The molecule has 38 heavy (non-hydrogen) atoms. The lowest BCUT2D eigenvalue weighted by atomic mass is 9.84. The lowest BCUT2D eigenvalue weighted by Gasteiger charge is -2.27. The number of anilines is 3. The van der Waals surface area contributed by atoms with Gasteiger partial charge in [0.1, 0.15) is 0 Å². The van der Waals surface area contributed by atoms with Crippen LogP contribution in [0.15, 0.2) is 116 Å². The molecule has 3 N–H and O–H groups in total. The number of hydrogen-bond acceptors (Lipinski definition) is 4. The van der Waals surface area contributed by atoms with Crippen LogP contribution in [0.3, 0.4) is 0 Å². The molecule has 0 aliphatic rings. The first-order valence-electron chi connectivity index (χ1n) is 12.8. The highest BCUT2D eigenvalue weighted by Gasteiger charge is 2.28. The normalized spacial score (nSPS) is 12.6. The van der Waals surface area contributed by atoms with Crippen LogP contribution in [0.5, 0.6) is 0 Å². The van der Waals surface area contributed by atoms with Gasteiger partial charge in [0.05, 0.1) is 18.3 Å². The van der Waals surface area contributed by atoms with Gasteiger partial charge in [-0.15, -0.1) is 0 Å². The summed E-state index contributed by atoms with van der Waals surface area (Å²) in [4.78, 5) is 23.1. The van der Waals surface area contributed by atoms with E-state index in [2.05, 4.69) is 89.4 Å². The minimum Gasteiger partial charge on any atom is -0.348 e. The molecule has 5 rings (SSSR count). The number of carbonyl (C=O) groups excluding carboxylic acids is 1. The Bertz CT molecular complexity index is 1410. The highest BCUT2D eigenvalue weighted by Crippen LogP contribution is 2.36. The van der Waals surface area contributed by atoms with Crippen molar-refractivity contribution < 1.29 is 4.79 Å². The Kier molecular flexibility index (Phi) is 7.47. The smallest absolute Gasteiger partial charge is 0.161 e. The van der Waals surface area contributed by atoms with Crippen molar-refractivity contribution in [1.29, 1.82) is 0 Å². The maximum Gasteiger partial charge on any atom is 0.161 e. The van der Waals surface area contributed by atoms with Gasteiger partial charge in [-0.3, -0.25) is 4.79 Å². The van der Waals surface area contributed by atoms with Crippen LogP contribution < -0.4 is 10.6 Å². The van der Waals surface area contributed by atoms with Crippen LogP contribution in [0.4, 0.5) is 17.1 Å². The van der Waals surface area contributed by atoms with Gasteiger partial charge in [-0.1, -0.05) is 77.9 Å². The van der Waals surface area contributed by atoms with Gasteiger partial charge in [0.25, 0.3) is 0 Å². The Hall–Kier alpha value is -4.48. The molecule has 5 nitrogen and oxygen atoms in total. The summed E-state index contributed by atoms with van der Waals surface area (Å²) in [6.07, 6.45) is 3.73. The number of ketones is 1. The van der Waals surface area contributed by atoms with E-state index in [1.165, 1.54) is 11.1 Å². The number of aryl methyl sites for hydroxylation is 2. The van der Waals surface area contributed by atoms with Gasteiger partial charge in [0, 0.05) is 35.4 Å². The molecule has 4 aromatic carbocycles. The number of nitrogens with zero attached hydrogens (tertiary/aromatic N) is 2. The van der Waals surface area contributed by atoms with Crippen molar-refractivity contribution in [3.63, 3.8) is 0 Å². The minimum absolute atomic E-state index is 0.0209. The van der Waals surface area contributed by atoms with Crippen LogP contribution in [0.2, 0.25) is 0 Å². The van der Waals surface area contributed by atoms with Crippen molar-refractivity contribution in [2.75, 3.05) is 4.90 Å². The molecule has 5 heteroatoms. The molecular weight excluding hydrogens is 468 g/mol. The first-order valence-corrected chi connectivity index (χ1v) is 12.8. The van der Waals surface area contributed by atoms with Crippen LogP contribution in [-0.2, 0) is 11.2 Å². The van der Waals surface area contributed by atoms with Crippen LogP contribution in [0.1, 0.15) is 33.9 Å². The van der Waals surface area contributed by atoms with Crippen molar-refractivity contribution in [2.45, 2.75) is 32.2 Å². The molecule has 1 aromatic heterocycles. The molecule has 5 aromatic rings. The molecule has 0 radical (unpaired) electrons. The number of rotatable bonds is 9. The molecule has 0 spiro atoms. The third kappa shape index (κ3) is 5.58. The monoisotopic (exact) mass is 500 g/mol. The molecule has 1 heterocycles. The molecule has 0 aliphatic carbocycles. The molecule has 1 unspecified atom stereocenters. The summed E-state index contributed by atoms with van der Waals surface area (Å²) in [5.74, 6) is -0.483. The quantitative estimate of drug-likeness (QED) is 0.234. The van der Waals surface area contributed by atoms with E-state index < -0.39 is 12.0 Å². The fourth-order valence-electron chi connectivity index (χ4n) is 4.77. The van der Waals surface area contributed by atoms with Gasteiger partial charge < -0.3 is 15.6 Å². The molecule has 0 saturated heterocycles. The number of H-pyrrole nitrogens is 1. The second-order valence-electron chi connectivity index (χ2n) is 9.73. The molecule has 0 saturated carbocycles. The molecule has 0 aliphatic heterocycles. The van der Waals surface area contributed by atoms with Gasteiger partial charge >= 0.3 is 0 Å². The predicted molar refractivity (Wildman–Crippen MR) is 154 cm³/mol. The summed E-state index contributed by atoms with van der Waals surface area (Å²) in [7, 11) is 0. The van der Waals surface area contributed by atoms with Crippen LogP contribution in [0, 0.1) is 13.8 Å². The highest BCUT2D eigenvalue weighted by molar-refractivity contribution is 5.93. The molecule has 0 amide bonds. The van der Waals surface area contributed by atoms with Crippen LogP contribution in [0.25, 0.3) is 0 Å². The number of nitrogens with one attached hydrogen (secondary N) is 1. The summed E-state index contributed by atoms with van der Waals surface area (Å²) in [5.41, 5.74) is 14.7. The average Bonchev–Trinajstić information content (AvgIpc) is 3.45. The van der Waals surface area contributed by atoms with Gasteiger partial charge in [0.2, 0.25) is 0 Å². The van der Waals surface area contributed by atoms with Gasteiger partial charge in [-0.2, -0.15) is 0 Å². The number of aromatic nitrogens is 2. The number of nitrogens with two attached hydrogens (primary N) is 1. The molecule has 2 atom stereocenters. The Labute approximate surface area is 224 Å². The Balaban J connectivity index is 1.51. The molecular formula is C33H32N4O. The summed E-state index contributed by atoms with van der Waals surface area (Å²) in [5, 5.41) is 0. The van der Waals surface area contributed by atoms with E-state index in [0.717, 1.165) is 33.9 Å². The molecule has 0 fully saturated rings. The zero-order chi connectivity index (χ0) is 26.5. The maximum absolute atomic E-state index is 13.7. The van der Waals surface area contributed by atoms with Gasteiger partial charge in [0.15, 0.2) is 5.78 Å². The lowest BCUT2D eigenvalue weighted by molar-refractivity contribution is -0.120. The van der Waals surface area contributed by atoms with Gasteiger partial charge in [-0.05, 0) is 61.4 Å². The SMILES string of the molecule is Cc1ccc(N(c2ccc(C)cc2)c2ccc(C(C(=O)[C@@H](N)Cc3cnc[nH]3)c3ccccc3)cc2)cc1. The van der Waals surface area contributed by atoms with E-state index in [0.29, 0.717) is 6.42 Å². The fraction of sp³-hybridized carbons (Fsp3) is 0.152. The lowest BCUT2D eigenvalue weighted by Crippen LogP contribution is -2.37. The zero-order valence-electron chi connectivity index (χ0n) is 21.7. The third-order valence-corrected chi connectivity index (χ3v) is 6.85. The zero-order valence-corrected chi connectivity index (χ0v) is 21.7. The first-order chi connectivity index (χ1) is 18.5. The Morgan fingerprint density at radius 1 is 0.763 bits per heavy atom. The maximum atomic E-state index is 13.7. The van der Waals surface area contributed by atoms with Crippen molar-refractivity contribution >= 4 is 22.8 Å². The van der Waals surface area contributed by atoms with Crippen molar-refractivity contribution in [2.24, 2.45) is 5.73 Å². The summed E-state index contributed by atoms with van der Waals surface area (Å²) < 4.78 is 0. The average molecular weight is 501 g/mol. The largest absolute Gasteiger partial charge is 0.348 e. The first kappa shape index (κ1) is 25.2. The number of imidazole rings is 1. The number of hydrogen-bond donors (Lipinski definition) is 2. The second kappa shape index (κ2) is 11.3. The van der Waals surface area contributed by atoms with Crippen molar-refractivity contribution in [1.82, 2.24) is 9.97 Å². The number of carbonyl (C=O) groups is 1. The highest BCUT2D eigenvalue weighted by atomic mass is 16.1. The Morgan fingerprint density at radius 2 is 1.26 bits per heavy atom. The Morgan fingerprint density at radius 3 is 1.76 bits per heavy atom. The van der Waals surface area contributed by atoms with Crippen molar-refractivity contribution in [3.05, 3.63) is 144 Å². The standard InChI is InChI=1S/C33H32N4O/c1-23-8-14-28(15-9-23)37(29-16-10-24(2)11-17-29)30-18-12-26(13-19-30)32(25-6-4-3-5-7-25)33(38)31(34)20-27-21-35-22-36-27/h3-19,21-22,31-32H,20,34H2,1-2H3,(H,35,36)/t31-,32?/m0/s1. The third-order valence-electron chi connectivity index (χ3n) is 6.85. The number of aromatic amines is 1. The van der Waals surface area contributed by atoms with Gasteiger partial charge in [-0.25, -0.2) is 4.98 Å². The van der Waals surface area contributed by atoms with Crippen LogP contribution in [-0.4, -0.2) is 21.8 Å². The summed E-state index contributed by atoms with van der Waals surface area (Å²) >= 11 is 0. The number of Topliss-reactive ketones (excluding diaryl/α,β-unsaturated/α-hetero) is 1. The van der Waals surface area contributed by atoms with Crippen LogP contribution >= 0.6 is 0 Å². The summed E-state index contributed by atoms with van der Waals surface area (Å²) in [6.45, 7) is 4.18. The van der Waals surface area contributed by atoms with E-state index in [1.54, 1.807) is 12.5 Å². The van der Waals surface area contributed by atoms with E-state index in [9.17, 15) is 4.79 Å². The molecule has 190 valence electrons. The van der Waals surface area contributed by atoms with E-state index >= 15 is 0 Å². The predicted octanol–water partition coefficient (Wildman–Crippen LogP) is 6.77. The summed E-state index contributed by atoms with van der Waals surface area (Å²) in [6, 6.07) is 34.5. The fourth-order valence-corrected chi connectivity index (χ4v) is 4.77. The second-order valence-corrected chi connectivity index (χ2v) is 9.73. The van der Waals surface area contributed by atoms with E-state index in [-0.39, 0.29) is 5.78 Å². The minimum atomic E-state index is -0.656. The van der Waals surface area contributed by atoms with E-state index in [4.69, 9.17) is 5.73 Å². The van der Waals surface area contributed by atoms with E-state index in [1.807, 2.05) is 42.5 Å². The number of benzene rings is 4. The van der Waals surface area contributed by atoms with Crippen molar-refractivity contribution in [3.8, 4) is 0 Å².